The van der Waals surface area contributed by atoms with E-state index in [1.165, 1.54) is 13.2 Å². The Kier molecular flexibility index (Phi) is 7.01. The maximum Gasteiger partial charge on any atom is 0.255 e. The first-order chi connectivity index (χ1) is 17.9. The molecule has 2 fully saturated rings. The number of nitrogens with zero attached hydrogens (tertiary/aromatic N) is 2. The summed E-state index contributed by atoms with van der Waals surface area (Å²) in [6.07, 6.45) is 5.06. The number of rotatable bonds is 8. The molecule has 0 bridgehead atoms. The van der Waals surface area contributed by atoms with Crippen molar-refractivity contribution in [3.05, 3.63) is 41.5 Å². The Labute approximate surface area is 214 Å². The van der Waals surface area contributed by atoms with Gasteiger partial charge >= 0.3 is 0 Å². The van der Waals surface area contributed by atoms with Crippen LogP contribution in [-0.2, 0) is 4.79 Å². The molecule has 1 saturated carbocycles. The van der Waals surface area contributed by atoms with E-state index < -0.39 is 12.4 Å². The number of aromatic nitrogens is 2. The van der Waals surface area contributed by atoms with Crippen LogP contribution in [0.15, 0.2) is 24.4 Å². The highest BCUT2D eigenvalue weighted by Crippen LogP contribution is 2.40. The number of hydrogen-bond donors (Lipinski definition) is 3. The molecule has 37 heavy (non-hydrogen) atoms. The lowest BCUT2D eigenvalue weighted by molar-refractivity contribution is -0.135. The van der Waals surface area contributed by atoms with Crippen molar-refractivity contribution in [2.75, 3.05) is 33.4 Å². The number of carbonyl (C=O) groups is 2. The van der Waals surface area contributed by atoms with Gasteiger partial charge in [-0.1, -0.05) is 0 Å². The van der Waals surface area contributed by atoms with Crippen LogP contribution in [0.1, 0.15) is 41.7 Å². The van der Waals surface area contributed by atoms with Crippen molar-refractivity contribution in [2.45, 2.75) is 38.6 Å². The van der Waals surface area contributed by atoms with Crippen molar-refractivity contribution in [3.8, 4) is 22.6 Å². The predicted molar refractivity (Wildman–Crippen MR) is 135 cm³/mol. The molecule has 2 aliphatic rings. The Morgan fingerprint density at radius 3 is 2.62 bits per heavy atom. The van der Waals surface area contributed by atoms with Gasteiger partial charge in [-0.05, 0) is 50.7 Å². The van der Waals surface area contributed by atoms with Gasteiger partial charge in [0.2, 0.25) is 5.91 Å². The van der Waals surface area contributed by atoms with E-state index in [9.17, 15) is 14.0 Å². The van der Waals surface area contributed by atoms with E-state index >= 15 is 0 Å². The Morgan fingerprint density at radius 1 is 1.19 bits per heavy atom. The van der Waals surface area contributed by atoms with Crippen molar-refractivity contribution in [2.24, 2.45) is 5.92 Å². The summed E-state index contributed by atoms with van der Waals surface area (Å²) in [5.41, 5.74) is 3.65. The number of fused-ring (bicyclic) bond motifs is 1. The number of aryl methyl sites for hydroxylation is 1. The highest BCUT2D eigenvalue weighted by atomic mass is 19.1. The summed E-state index contributed by atoms with van der Waals surface area (Å²) in [4.78, 5) is 34.5. The molecular formula is C27H31FN4O5. The van der Waals surface area contributed by atoms with Crippen LogP contribution in [0.25, 0.3) is 22.2 Å². The van der Waals surface area contributed by atoms with Gasteiger partial charge in [-0.3, -0.25) is 14.6 Å². The molecule has 2 aromatic heterocycles. The molecular weight excluding hydrogens is 479 g/mol. The number of aromatic amines is 1. The van der Waals surface area contributed by atoms with E-state index in [1.807, 2.05) is 13.0 Å². The Morgan fingerprint density at radius 2 is 1.95 bits per heavy atom. The number of halogens is 1. The molecule has 196 valence electrons. The number of pyridine rings is 1. The minimum Gasteiger partial charge on any atom is -0.494 e. The smallest absolute Gasteiger partial charge is 0.255 e. The molecule has 1 saturated heterocycles. The summed E-state index contributed by atoms with van der Waals surface area (Å²) in [6.45, 7) is 2.80. The molecule has 1 aliphatic carbocycles. The third kappa shape index (κ3) is 5.11. The number of amides is 2. The first-order valence-electron chi connectivity index (χ1n) is 12.6. The van der Waals surface area contributed by atoms with Gasteiger partial charge in [0.05, 0.1) is 24.8 Å². The van der Waals surface area contributed by atoms with Gasteiger partial charge in [-0.2, -0.15) is 0 Å². The first kappa shape index (κ1) is 25.0. The number of benzene rings is 1. The number of ether oxygens (including phenoxy) is 2. The molecule has 3 N–H and O–H groups in total. The third-order valence-electron chi connectivity index (χ3n) is 7.14. The van der Waals surface area contributed by atoms with E-state index in [0.29, 0.717) is 72.1 Å². The van der Waals surface area contributed by atoms with Crippen LogP contribution in [0.5, 0.6) is 11.5 Å². The molecule has 5 rings (SSSR count). The fraction of sp³-hybridized carbons (Fsp3) is 0.444. The van der Waals surface area contributed by atoms with Gasteiger partial charge < -0.3 is 29.8 Å². The quantitative estimate of drug-likeness (QED) is 0.429. The third-order valence-corrected chi connectivity index (χ3v) is 7.14. The summed E-state index contributed by atoms with van der Waals surface area (Å²) in [7, 11) is 1.42. The highest BCUT2D eigenvalue weighted by molar-refractivity contribution is 6.09. The molecule has 0 atom stereocenters. The minimum atomic E-state index is -0.507. The predicted octanol–water partition coefficient (Wildman–Crippen LogP) is 3.19. The molecule has 3 aromatic rings. The number of piperidine rings is 1. The molecule has 1 aliphatic heterocycles. The van der Waals surface area contributed by atoms with Crippen LogP contribution < -0.4 is 14.8 Å². The van der Waals surface area contributed by atoms with Crippen LogP contribution in [0.2, 0.25) is 0 Å². The molecule has 3 heterocycles. The molecule has 0 radical (unpaired) electrons. The fourth-order valence-electron chi connectivity index (χ4n) is 4.85. The second kappa shape index (κ2) is 10.4. The normalized spacial score (nSPS) is 16.2. The molecule has 0 unspecified atom stereocenters. The molecule has 0 spiro atoms. The number of aliphatic hydroxyl groups excluding tert-OH is 1. The summed E-state index contributed by atoms with van der Waals surface area (Å²) < 4.78 is 25.8. The Bertz CT molecular complexity index is 1330. The van der Waals surface area contributed by atoms with E-state index in [2.05, 4.69) is 15.3 Å². The zero-order chi connectivity index (χ0) is 26.1. The summed E-state index contributed by atoms with van der Waals surface area (Å²) in [5.74, 6) is -0.0378. The number of hydrogen-bond acceptors (Lipinski definition) is 6. The van der Waals surface area contributed by atoms with Gasteiger partial charge in [0.1, 0.15) is 17.9 Å². The maximum absolute atomic E-state index is 14.6. The lowest BCUT2D eigenvalue weighted by atomic mass is 10.0. The molecule has 10 heteroatoms. The average molecular weight is 511 g/mol. The number of H-pyrrole nitrogens is 1. The summed E-state index contributed by atoms with van der Waals surface area (Å²) in [5, 5.41) is 12.1. The van der Waals surface area contributed by atoms with Crippen molar-refractivity contribution in [1.82, 2.24) is 20.2 Å². The summed E-state index contributed by atoms with van der Waals surface area (Å²) >= 11 is 0. The fourth-order valence-corrected chi connectivity index (χ4v) is 4.85. The standard InChI is InChI=1S/C27H31FN4O5/c1-15-24(27(35)31-17-6-9-32(10-7-17)23(34)13-33)26-25(30-15)18(5-8-29-26)19-11-22(36-2)20(28)12-21(19)37-14-16-3-4-16/h5,8,11-12,16-17,30,33H,3-4,6-7,9-10,13-14H2,1-2H3,(H,31,35). The maximum atomic E-state index is 14.6. The Hall–Kier alpha value is -3.66. The number of methoxy groups -OCH3 is 1. The molecule has 1 aromatic carbocycles. The van der Waals surface area contributed by atoms with Crippen LogP contribution in [0.3, 0.4) is 0 Å². The SMILES string of the molecule is COc1cc(-c2ccnc3c(C(=O)NC4CCN(C(=O)CO)CC4)c(C)[nH]c23)c(OCC2CC2)cc1F. The zero-order valence-corrected chi connectivity index (χ0v) is 21.0. The number of carbonyl (C=O) groups excluding carboxylic acids is 2. The topological polar surface area (TPSA) is 117 Å². The van der Waals surface area contributed by atoms with Crippen molar-refractivity contribution in [1.29, 1.82) is 0 Å². The number of aliphatic hydroxyl groups is 1. The van der Waals surface area contributed by atoms with E-state index in [0.717, 1.165) is 18.4 Å². The number of likely N-dealkylation sites (tertiary alicyclic amines) is 1. The lowest BCUT2D eigenvalue weighted by Crippen LogP contribution is -2.47. The van der Waals surface area contributed by atoms with Crippen LogP contribution >= 0.6 is 0 Å². The summed E-state index contributed by atoms with van der Waals surface area (Å²) in [6, 6.07) is 4.68. The van der Waals surface area contributed by atoms with Crippen LogP contribution in [-0.4, -0.2) is 71.2 Å². The van der Waals surface area contributed by atoms with E-state index in [1.54, 1.807) is 17.2 Å². The van der Waals surface area contributed by atoms with E-state index in [-0.39, 0.29) is 23.6 Å². The Balaban J connectivity index is 1.44. The van der Waals surface area contributed by atoms with E-state index in [4.69, 9.17) is 14.6 Å². The first-order valence-corrected chi connectivity index (χ1v) is 12.6. The van der Waals surface area contributed by atoms with Crippen LogP contribution in [0, 0.1) is 18.7 Å². The van der Waals surface area contributed by atoms with Crippen molar-refractivity contribution < 1.29 is 28.6 Å². The molecule has 2 amide bonds. The van der Waals surface area contributed by atoms with Gasteiger partial charge in [0.15, 0.2) is 11.6 Å². The second-order valence-electron chi connectivity index (χ2n) is 9.73. The number of nitrogens with one attached hydrogen (secondary N) is 2. The lowest BCUT2D eigenvalue weighted by Gasteiger charge is -2.32. The van der Waals surface area contributed by atoms with Gasteiger partial charge in [-0.25, -0.2) is 4.39 Å². The van der Waals surface area contributed by atoms with Crippen molar-refractivity contribution in [3.63, 3.8) is 0 Å². The average Bonchev–Trinajstić information content (AvgIpc) is 3.67. The highest BCUT2D eigenvalue weighted by Gasteiger charge is 2.27. The van der Waals surface area contributed by atoms with Gasteiger partial charge in [-0.15, -0.1) is 0 Å². The van der Waals surface area contributed by atoms with Gasteiger partial charge in [0, 0.05) is 48.2 Å². The van der Waals surface area contributed by atoms with Crippen molar-refractivity contribution >= 4 is 22.8 Å². The van der Waals surface area contributed by atoms with Crippen LogP contribution in [0.4, 0.5) is 4.39 Å². The molecule has 9 nitrogen and oxygen atoms in total. The largest absolute Gasteiger partial charge is 0.494 e. The second-order valence-corrected chi connectivity index (χ2v) is 9.73. The zero-order valence-electron chi connectivity index (χ0n) is 21.0. The van der Waals surface area contributed by atoms with Gasteiger partial charge in [0.25, 0.3) is 5.91 Å². The minimum absolute atomic E-state index is 0.0911. The monoisotopic (exact) mass is 510 g/mol.